The van der Waals surface area contributed by atoms with E-state index in [0.29, 0.717) is 34.8 Å². The number of rotatable bonds is 6. The Kier molecular flexibility index (Phi) is 7.41. The summed E-state index contributed by atoms with van der Waals surface area (Å²) in [5.41, 5.74) is 2.54. The molecule has 2 aliphatic rings. The third-order valence-corrected chi connectivity index (χ3v) is 8.00. The molecule has 0 fully saturated rings. The number of amides is 1. The van der Waals surface area contributed by atoms with Crippen LogP contribution in [-0.2, 0) is 16.2 Å². The van der Waals surface area contributed by atoms with Crippen molar-refractivity contribution >= 4 is 23.1 Å². The highest BCUT2D eigenvalue weighted by Crippen LogP contribution is 2.51. The minimum absolute atomic E-state index is 0.0482. The van der Waals surface area contributed by atoms with E-state index in [2.05, 4.69) is 12.2 Å². The van der Waals surface area contributed by atoms with Crippen LogP contribution in [0.15, 0.2) is 78.0 Å². The van der Waals surface area contributed by atoms with Gasteiger partial charge < -0.3 is 15.2 Å². The van der Waals surface area contributed by atoms with Gasteiger partial charge in [0.1, 0.15) is 29.6 Å². The molecule has 208 valence electrons. The number of nitrogens with one attached hydrogen (secondary N) is 1. The highest BCUT2D eigenvalue weighted by Gasteiger charge is 2.45. The van der Waals surface area contributed by atoms with Gasteiger partial charge >= 0.3 is 0 Å². The number of hydrogen-bond donors (Lipinski definition) is 2. The molecule has 0 radical (unpaired) electrons. The molecule has 0 spiro atoms. The minimum Gasteiger partial charge on any atom is -0.506 e. The molecule has 0 saturated heterocycles. The van der Waals surface area contributed by atoms with Crippen LogP contribution in [0.1, 0.15) is 64.1 Å². The normalized spacial score (nSPS) is 20.5. The zero-order valence-corrected chi connectivity index (χ0v) is 23.3. The second-order valence-corrected chi connectivity index (χ2v) is 11.4. The summed E-state index contributed by atoms with van der Waals surface area (Å²) in [4.78, 5) is 29.2. The van der Waals surface area contributed by atoms with E-state index in [1.807, 2.05) is 37.3 Å². The predicted molar refractivity (Wildman–Crippen MR) is 154 cm³/mol. The molecule has 1 aliphatic carbocycles. The Balaban J connectivity index is 1.67. The molecule has 1 heterocycles. The number of carbonyl (C=O) groups excluding carboxylic acids is 2. The molecule has 1 aliphatic heterocycles. The van der Waals surface area contributed by atoms with Crippen molar-refractivity contribution in [2.24, 2.45) is 11.3 Å². The zero-order valence-electron chi connectivity index (χ0n) is 23.3. The van der Waals surface area contributed by atoms with Crippen molar-refractivity contribution in [1.82, 2.24) is 0 Å². The Labute approximate surface area is 234 Å². The highest BCUT2D eigenvalue weighted by molar-refractivity contribution is 6.07. The zero-order chi connectivity index (χ0) is 28.6. The monoisotopic (exact) mass is 542 g/mol. The molecular formula is C33H35FN2O4. The van der Waals surface area contributed by atoms with E-state index in [1.165, 1.54) is 17.0 Å². The lowest BCUT2D eigenvalue weighted by atomic mass is 9.70. The van der Waals surface area contributed by atoms with Crippen LogP contribution in [0.25, 0.3) is 0 Å². The van der Waals surface area contributed by atoms with E-state index in [4.69, 9.17) is 4.74 Å². The Morgan fingerprint density at radius 1 is 1.12 bits per heavy atom. The van der Waals surface area contributed by atoms with Crippen LogP contribution in [-0.4, -0.2) is 16.8 Å². The summed E-state index contributed by atoms with van der Waals surface area (Å²) in [6, 6.07) is 18.1. The molecule has 2 N–H and O–H groups in total. The summed E-state index contributed by atoms with van der Waals surface area (Å²) in [7, 11) is 0. The lowest BCUT2D eigenvalue weighted by Gasteiger charge is -2.38. The molecule has 0 saturated carbocycles. The van der Waals surface area contributed by atoms with Crippen LogP contribution in [0.3, 0.4) is 0 Å². The smallest absolute Gasteiger partial charge is 0.230 e. The molecule has 3 aromatic carbocycles. The first-order valence-electron chi connectivity index (χ1n) is 13.8. The van der Waals surface area contributed by atoms with E-state index in [9.17, 15) is 14.7 Å². The lowest BCUT2D eigenvalue weighted by molar-refractivity contribution is -0.122. The fourth-order valence-electron chi connectivity index (χ4n) is 5.57. The first kappa shape index (κ1) is 27.4. The Morgan fingerprint density at radius 3 is 2.55 bits per heavy atom. The number of benzene rings is 3. The average Bonchev–Trinajstić information content (AvgIpc) is 3.07. The SMILES string of the molecule is CCC1(C)CC(=O)C2=C(C1)Nc1c(O)cccc1N(C(=O)C(C)C)C2c1ccc(OCc2ccccc2)cc1F. The number of aromatic hydroxyl groups is 1. The molecule has 5 rings (SSSR count). The Bertz CT molecular complexity index is 1480. The number of phenols is 1. The van der Waals surface area contributed by atoms with E-state index in [-0.39, 0.29) is 41.4 Å². The number of ether oxygens (including phenoxy) is 1. The van der Waals surface area contributed by atoms with Gasteiger partial charge in [-0.3, -0.25) is 14.5 Å². The number of allylic oxidation sites excluding steroid dienone is 1. The number of halogens is 1. The largest absolute Gasteiger partial charge is 0.506 e. The third kappa shape index (κ3) is 5.08. The second-order valence-electron chi connectivity index (χ2n) is 11.4. The van der Waals surface area contributed by atoms with E-state index < -0.39 is 17.8 Å². The Hall–Kier alpha value is -4.13. The van der Waals surface area contributed by atoms with Gasteiger partial charge in [-0.25, -0.2) is 4.39 Å². The van der Waals surface area contributed by atoms with Crippen LogP contribution in [0.5, 0.6) is 11.5 Å². The minimum atomic E-state index is -1.02. The number of para-hydroxylation sites is 1. The van der Waals surface area contributed by atoms with Gasteiger partial charge in [-0.1, -0.05) is 64.1 Å². The summed E-state index contributed by atoms with van der Waals surface area (Å²) >= 11 is 0. The summed E-state index contributed by atoms with van der Waals surface area (Å²) in [5.74, 6) is -1.15. The topological polar surface area (TPSA) is 78.9 Å². The highest BCUT2D eigenvalue weighted by atomic mass is 19.1. The number of fused-ring (bicyclic) bond motifs is 1. The molecule has 1 amide bonds. The fourth-order valence-corrected chi connectivity index (χ4v) is 5.57. The number of Topliss-reactive ketones (excluding diaryl/α,β-unsaturated/α-hetero) is 1. The molecule has 0 bridgehead atoms. The number of nitrogens with zero attached hydrogens (tertiary/aromatic N) is 1. The number of hydrogen-bond acceptors (Lipinski definition) is 5. The van der Waals surface area contributed by atoms with Crippen molar-refractivity contribution in [3.8, 4) is 11.5 Å². The summed E-state index contributed by atoms with van der Waals surface area (Å²) in [6.45, 7) is 7.91. The summed E-state index contributed by atoms with van der Waals surface area (Å²) in [6.07, 6.45) is 1.58. The van der Waals surface area contributed by atoms with Gasteiger partial charge in [-0.15, -0.1) is 0 Å². The summed E-state index contributed by atoms with van der Waals surface area (Å²) < 4.78 is 21.9. The van der Waals surface area contributed by atoms with Crippen molar-refractivity contribution in [1.29, 1.82) is 0 Å². The van der Waals surface area contributed by atoms with Crippen LogP contribution < -0.4 is 15.0 Å². The Morgan fingerprint density at radius 2 is 1.88 bits per heavy atom. The standard InChI is InChI=1S/C33H35FN2O4/c1-5-33(4)17-25-29(28(38)18-33)31(36(32(39)20(2)3)26-12-9-13-27(37)30(26)35-25)23-15-14-22(16-24(23)34)40-19-21-10-7-6-8-11-21/h6-16,20,31,35,37H,5,17-19H2,1-4H3. The number of anilines is 2. The van der Waals surface area contributed by atoms with Crippen molar-refractivity contribution in [2.45, 2.75) is 59.6 Å². The second kappa shape index (κ2) is 10.8. The molecule has 0 aromatic heterocycles. The lowest BCUT2D eigenvalue weighted by Crippen LogP contribution is -2.42. The van der Waals surface area contributed by atoms with Crippen LogP contribution in [0, 0.1) is 17.2 Å². The fraction of sp³-hybridized carbons (Fsp3) is 0.333. The van der Waals surface area contributed by atoms with Gasteiger partial charge in [0.25, 0.3) is 0 Å². The molecular weight excluding hydrogens is 507 g/mol. The van der Waals surface area contributed by atoms with Gasteiger partial charge in [-0.2, -0.15) is 0 Å². The molecule has 40 heavy (non-hydrogen) atoms. The van der Waals surface area contributed by atoms with Gasteiger partial charge in [0.2, 0.25) is 5.91 Å². The van der Waals surface area contributed by atoms with Crippen molar-refractivity contribution in [3.05, 3.63) is 94.9 Å². The first-order chi connectivity index (χ1) is 19.1. The van der Waals surface area contributed by atoms with Crippen molar-refractivity contribution in [2.75, 3.05) is 10.2 Å². The van der Waals surface area contributed by atoms with Crippen molar-refractivity contribution in [3.63, 3.8) is 0 Å². The van der Waals surface area contributed by atoms with E-state index >= 15 is 4.39 Å². The summed E-state index contributed by atoms with van der Waals surface area (Å²) in [5, 5.41) is 14.2. The van der Waals surface area contributed by atoms with Crippen LogP contribution >= 0.6 is 0 Å². The van der Waals surface area contributed by atoms with Crippen LogP contribution in [0.4, 0.5) is 15.8 Å². The van der Waals surface area contributed by atoms with Gasteiger partial charge in [0, 0.05) is 35.2 Å². The quantitative estimate of drug-likeness (QED) is 0.320. The predicted octanol–water partition coefficient (Wildman–Crippen LogP) is 7.30. The van der Waals surface area contributed by atoms with Crippen LogP contribution in [0.2, 0.25) is 0 Å². The molecule has 7 heteroatoms. The molecule has 2 unspecified atom stereocenters. The maximum atomic E-state index is 16.1. The number of carbonyl (C=O) groups is 2. The first-order valence-corrected chi connectivity index (χ1v) is 13.8. The average molecular weight is 543 g/mol. The van der Waals surface area contributed by atoms with Crippen molar-refractivity contribution < 1.29 is 23.8 Å². The maximum absolute atomic E-state index is 16.1. The molecule has 2 atom stereocenters. The van der Waals surface area contributed by atoms with E-state index in [1.54, 1.807) is 38.1 Å². The van der Waals surface area contributed by atoms with Gasteiger partial charge in [-0.05, 0) is 48.1 Å². The third-order valence-electron chi connectivity index (χ3n) is 8.00. The number of ketones is 1. The molecule has 3 aromatic rings. The maximum Gasteiger partial charge on any atom is 0.230 e. The molecule has 6 nitrogen and oxygen atoms in total. The van der Waals surface area contributed by atoms with Gasteiger partial charge in [0.15, 0.2) is 5.78 Å². The van der Waals surface area contributed by atoms with Gasteiger partial charge in [0.05, 0.1) is 11.7 Å². The number of phenolic OH excluding ortho intramolecular Hbond substituents is 1. The van der Waals surface area contributed by atoms with E-state index in [0.717, 1.165) is 12.0 Å².